The molecule has 0 fully saturated rings. The molecule has 0 heterocycles. The number of hydrogen-bond donors (Lipinski definition) is 1. The second-order valence-corrected chi connectivity index (χ2v) is 7.19. The fourth-order valence-electron chi connectivity index (χ4n) is 3.90. The van der Waals surface area contributed by atoms with Gasteiger partial charge < -0.3 is 14.8 Å². The average Bonchev–Trinajstić information content (AvgIpc) is 2.76. The van der Waals surface area contributed by atoms with Crippen molar-refractivity contribution in [1.82, 2.24) is 5.32 Å². The van der Waals surface area contributed by atoms with Crippen molar-refractivity contribution in [3.63, 3.8) is 0 Å². The smallest absolute Gasteiger partial charge is 0.342 e. The van der Waals surface area contributed by atoms with E-state index in [1.807, 2.05) is 42.5 Å². The van der Waals surface area contributed by atoms with Crippen LogP contribution in [-0.4, -0.2) is 25.6 Å². The van der Waals surface area contributed by atoms with E-state index in [0.717, 1.165) is 35.6 Å². The highest BCUT2D eigenvalue weighted by Gasteiger charge is 2.22. The minimum Gasteiger partial charge on any atom is -0.496 e. The van der Waals surface area contributed by atoms with Crippen molar-refractivity contribution in [3.05, 3.63) is 77.4 Å². The summed E-state index contributed by atoms with van der Waals surface area (Å²) in [4.78, 5) is 25.0. The summed E-state index contributed by atoms with van der Waals surface area (Å²) in [5.74, 6) is -0.457. The largest absolute Gasteiger partial charge is 0.496 e. The number of esters is 1. The maximum atomic E-state index is 12.6. The van der Waals surface area contributed by atoms with Gasteiger partial charge in [-0.25, -0.2) is 4.79 Å². The quantitative estimate of drug-likeness (QED) is 0.665. The van der Waals surface area contributed by atoms with E-state index in [4.69, 9.17) is 9.47 Å². The molecule has 3 aromatic rings. The van der Waals surface area contributed by atoms with Crippen molar-refractivity contribution in [3.8, 4) is 5.75 Å². The van der Waals surface area contributed by atoms with Crippen molar-refractivity contribution < 1.29 is 19.1 Å². The third-order valence-electron chi connectivity index (χ3n) is 5.33. The number of fused-ring (bicyclic) bond motifs is 2. The molecule has 1 atom stereocenters. The van der Waals surface area contributed by atoms with Crippen LogP contribution in [0.1, 0.15) is 40.4 Å². The lowest BCUT2D eigenvalue weighted by molar-refractivity contribution is -0.125. The normalized spacial score (nSPS) is 15.4. The maximum absolute atomic E-state index is 12.6. The summed E-state index contributed by atoms with van der Waals surface area (Å²) in [6, 6.07) is 19.3. The lowest BCUT2D eigenvalue weighted by Gasteiger charge is -2.26. The number of rotatable bonds is 5. The number of carbonyl (C=O) groups is 2. The van der Waals surface area contributed by atoms with Gasteiger partial charge in [0.05, 0.1) is 13.2 Å². The first-order chi connectivity index (χ1) is 14.2. The Kier molecular flexibility index (Phi) is 5.47. The summed E-state index contributed by atoms with van der Waals surface area (Å²) in [7, 11) is 1.51. The zero-order valence-electron chi connectivity index (χ0n) is 16.3. The molecule has 1 aliphatic carbocycles. The first kappa shape index (κ1) is 19.0. The van der Waals surface area contributed by atoms with Gasteiger partial charge in [-0.3, -0.25) is 4.79 Å². The van der Waals surface area contributed by atoms with Crippen molar-refractivity contribution in [2.75, 3.05) is 13.7 Å². The third-order valence-corrected chi connectivity index (χ3v) is 5.33. The Labute approximate surface area is 169 Å². The van der Waals surface area contributed by atoms with Crippen molar-refractivity contribution in [1.29, 1.82) is 0 Å². The maximum Gasteiger partial charge on any atom is 0.342 e. The molecule has 0 saturated heterocycles. The highest BCUT2D eigenvalue weighted by Crippen LogP contribution is 2.29. The van der Waals surface area contributed by atoms with Gasteiger partial charge in [0.15, 0.2) is 6.61 Å². The van der Waals surface area contributed by atoms with Gasteiger partial charge in [-0.1, -0.05) is 48.5 Å². The molecule has 148 valence electrons. The van der Waals surface area contributed by atoms with Gasteiger partial charge in [-0.15, -0.1) is 0 Å². The van der Waals surface area contributed by atoms with Crippen LogP contribution in [0.25, 0.3) is 10.8 Å². The monoisotopic (exact) mass is 389 g/mol. The summed E-state index contributed by atoms with van der Waals surface area (Å²) in [6.45, 7) is -0.326. The molecule has 5 heteroatoms. The minimum atomic E-state index is -0.577. The Morgan fingerprint density at radius 1 is 1.03 bits per heavy atom. The van der Waals surface area contributed by atoms with Gasteiger partial charge in [-0.2, -0.15) is 0 Å². The van der Waals surface area contributed by atoms with Gasteiger partial charge in [0.2, 0.25) is 0 Å². The first-order valence-corrected chi connectivity index (χ1v) is 9.77. The van der Waals surface area contributed by atoms with E-state index >= 15 is 0 Å². The van der Waals surface area contributed by atoms with Gasteiger partial charge in [-0.05, 0) is 53.3 Å². The Morgan fingerprint density at radius 3 is 2.55 bits per heavy atom. The van der Waals surface area contributed by atoms with Crippen LogP contribution in [0, 0.1) is 0 Å². The molecule has 1 amide bonds. The first-order valence-electron chi connectivity index (χ1n) is 9.77. The Morgan fingerprint density at radius 2 is 1.76 bits per heavy atom. The molecular weight excluding hydrogens is 366 g/mol. The number of benzene rings is 3. The van der Waals surface area contributed by atoms with Crippen LogP contribution in [0.2, 0.25) is 0 Å². The number of carbonyl (C=O) groups excluding carboxylic acids is 2. The van der Waals surface area contributed by atoms with Crippen molar-refractivity contribution in [2.24, 2.45) is 0 Å². The lowest BCUT2D eigenvalue weighted by atomic mass is 9.88. The molecule has 0 unspecified atom stereocenters. The fraction of sp³-hybridized carbons (Fsp3) is 0.250. The molecule has 0 radical (unpaired) electrons. The number of methoxy groups -OCH3 is 1. The molecule has 0 aliphatic heterocycles. The Hall–Kier alpha value is -3.34. The van der Waals surface area contributed by atoms with E-state index in [1.54, 1.807) is 12.1 Å². The van der Waals surface area contributed by atoms with E-state index in [0.29, 0.717) is 11.3 Å². The molecule has 0 aromatic heterocycles. The average molecular weight is 389 g/mol. The van der Waals surface area contributed by atoms with E-state index < -0.39 is 5.97 Å². The van der Waals surface area contributed by atoms with Gasteiger partial charge in [0.25, 0.3) is 5.91 Å². The summed E-state index contributed by atoms with van der Waals surface area (Å²) in [6.07, 6.45) is 2.94. The molecule has 0 bridgehead atoms. The van der Waals surface area contributed by atoms with Crippen LogP contribution in [-0.2, 0) is 16.0 Å². The minimum absolute atomic E-state index is 0.0404. The lowest BCUT2D eigenvalue weighted by Crippen LogP contribution is -2.34. The Bertz CT molecular complexity index is 1060. The summed E-state index contributed by atoms with van der Waals surface area (Å²) in [5, 5.41) is 4.87. The van der Waals surface area contributed by atoms with Gasteiger partial charge in [0.1, 0.15) is 11.3 Å². The summed E-state index contributed by atoms with van der Waals surface area (Å²) >= 11 is 0. The summed E-state index contributed by atoms with van der Waals surface area (Å²) in [5.41, 5.74) is 2.72. The topological polar surface area (TPSA) is 64.6 Å². The molecular formula is C24H23NO4. The highest BCUT2D eigenvalue weighted by molar-refractivity contribution is 5.99. The standard InChI is InChI=1S/C24H23NO4/c1-28-22-14-18-9-3-2-8-17(18)13-20(22)24(27)29-15-23(26)25-21-12-6-10-16-7-4-5-11-19(16)21/h2-5,7-9,11,13-14,21H,6,10,12,15H2,1H3,(H,25,26)/t21-/m0/s1. The van der Waals surface area contributed by atoms with E-state index in [2.05, 4.69) is 11.4 Å². The number of hydrogen-bond acceptors (Lipinski definition) is 4. The second kappa shape index (κ2) is 8.35. The Balaban J connectivity index is 1.42. The predicted octanol–water partition coefficient (Wildman–Crippen LogP) is 4.20. The summed E-state index contributed by atoms with van der Waals surface area (Å²) < 4.78 is 10.6. The molecule has 3 aromatic carbocycles. The predicted molar refractivity (Wildman–Crippen MR) is 111 cm³/mol. The van der Waals surface area contributed by atoms with Crippen LogP contribution in [0.5, 0.6) is 5.75 Å². The van der Waals surface area contributed by atoms with Crippen LogP contribution < -0.4 is 10.1 Å². The van der Waals surface area contributed by atoms with Crippen LogP contribution >= 0.6 is 0 Å². The molecule has 0 spiro atoms. The number of aryl methyl sites for hydroxylation is 1. The van der Waals surface area contributed by atoms with E-state index in [1.165, 1.54) is 12.7 Å². The van der Waals surface area contributed by atoms with E-state index in [-0.39, 0.29) is 18.6 Å². The van der Waals surface area contributed by atoms with Crippen LogP contribution in [0.15, 0.2) is 60.7 Å². The van der Waals surface area contributed by atoms with Crippen molar-refractivity contribution in [2.45, 2.75) is 25.3 Å². The zero-order chi connectivity index (χ0) is 20.2. The molecule has 0 saturated carbocycles. The SMILES string of the molecule is COc1cc2ccccc2cc1C(=O)OCC(=O)N[C@H]1CCCc2ccccc21. The fourth-order valence-corrected chi connectivity index (χ4v) is 3.90. The number of amides is 1. The van der Waals surface area contributed by atoms with Gasteiger partial charge >= 0.3 is 5.97 Å². The highest BCUT2D eigenvalue weighted by atomic mass is 16.5. The second-order valence-electron chi connectivity index (χ2n) is 7.19. The molecule has 5 nitrogen and oxygen atoms in total. The molecule has 29 heavy (non-hydrogen) atoms. The third kappa shape index (κ3) is 4.09. The molecule has 1 aliphatic rings. The van der Waals surface area contributed by atoms with Crippen molar-refractivity contribution >= 4 is 22.6 Å². The molecule has 1 N–H and O–H groups in total. The van der Waals surface area contributed by atoms with E-state index in [9.17, 15) is 9.59 Å². The molecule has 4 rings (SSSR count). The zero-order valence-corrected chi connectivity index (χ0v) is 16.3. The van der Waals surface area contributed by atoms with Crippen LogP contribution in [0.4, 0.5) is 0 Å². The van der Waals surface area contributed by atoms with Crippen LogP contribution in [0.3, 0.4) is 0 Å². The number of ether oxygens (including phenoxy) is 2. The number of nitrogens with one attached hydrogen (secondary N) is 1. The van der Waals surface area contributed by atoms with Gasteiger partial charge in [0, 0.05) is 0 Å².